The molecule has 0 radical (unpaired) electrons. The predicted octanol–water partition coefficient (Wildman–Crippen LogP) is 2.62. The van der Waals surface area contributed by atoms with Gasteiger partial charge < -0.3 is 4.52 Å². The van der Waals surface area contributed by atoms with Crippen LogP contribution in [0.15, 0.2) is 16.8 Å². The van der Waals surface area contributed by atoms with Gasteiger partial charge in [-0.05, 0) is 13.0 Å². The molecular formula is C14H17N5O. The quantitative estimate of drug-likeness (QED) is 0.680. The fourth-order valence-electron chi connectivity index (χ4n) is 2.05. The van der Waals surface area contributed by atoms with Crippen molar-refractivity contribution in [3.63, 3.8) is 0 Å². The summed E-state index contributed by atoms with van der Waals surface area (Å²) in [5.41, 5.74) is 2.45. The van der Waals surface area contributed by atoms with E-state index in [0.29, 0.717) is 11.7 Å². The maximum Gasteiger partial charge on any atom is 0.258 e. The second-order valence-corrected chi connectivity index (χ2v) is 5.99. The van der Waals surface area contributed by atoms with Crippen molar-refractivity contribution < 1.29 is 4.52 Å². The Bertz CT molecular complexity index is 779. The molecule has 104 valence electrons. The summed E-state index contributed by atoms with van der Waals surface area (Å²) in [7, 11) is 1.87. The molecule has 0 aliphatic heterocycles. The zero-order chi connectivity index (χ0) is 14.5. The molecule has 6 heteroatoms. The maximum atomic E-state index is 5.42. The van der Waals surface area contributed by atoms with Crippen LogP contribution in [-0.4, -0.2) is 24.9 Å². The summed E-state index contributed by atoms with van der Waals surface area (Å²) in [6.45, 7) is 8.11. The highest BCUT2D eigenvalue weighted by Gasteiger charge is 2.23. The Hall–Kier alpha value is -2.24. The molecule has 0 N–H and O–H groups in total. The van der Waals surface area contributed by atoms with Gasteiger partial charge in [-0.1, -0.05) is 25.9 Å². The van der Waals surface area contributed by atoms with Crippen molar-refractivity contribution in [2.75, 3.05) is 0 Å². The first-order chi connectivity index (χ1) is 9.36. The third-order valence-corrected chi connectivity index (χ3v) is 3.16. The average Bonchev–Trinajstić information content (AvgIpc) is 2.96. The SMILES string of the molecule is Cc1cc(-c2nc(C(C)(C)C)no2)c2cnn(C)c2n1. The molecule has 0 aliphatic carbocycles. The van der Waals surface area contributed by atoms with Gasteiger partial charge in [-0.2, -0.15) is 10.1 Å². The van der Waals surface area contributed by atoms with Crippen molar-refractivity contribution in [2.24, 2.45) is 7.05 Å². The van der Waals surface area contributed by atoms with E-state index < -0.39 is 0 Å². The lowest BCUT2D eigenvalue weighted by atomic mass is 9.96. The molecule has 0 amide bonds. The van der Waals surface area contributed by atoms with Gasteiger partial charge in [0, 0.05) is 18.2 Å². The average molecular weight is 271 g/mol. The molecule has 3 heterocycles. The first-order valence-electron chi connectivity index (χ1n) is 6.50. The fraction of sp³-hybridized carbons (Fsp3) is 0.429. The van der Waals surface area contributed by atoms with Crippen molar-refractivity contribution in [3.05, 3.63) is 23.8 Å². The third-order valence-electron chi connectivity index (χ3n) is 3.16. The predicted molar refractivity (Wildman–Crippen MR) is 75.2 cm³/mol. The Morgan fingerprint density at radius 1 is 1.20 bits per heavy atom. The van der Waals surface area contributed by atoms with Crippen LogP contribution in [-0.2, 0) is 12.5 Å². The number of hydrogen-bond acceptors (Lipinski definition) is 5. The fourth-order valence-corrected chi connectivity index (χ4v) is 2.05. The van der Waals surface area contributed by atoms with Crippen LogP contribution in [0.25, 0.3) is 22.5 Å². The van der Waals surface area contributed by atoms with Gasteiger partial charge in [0.25, 0.3) is 5.89 Å². The van der Waals surface area contributed by atoms with E-state index >= 15 is 0 Å². The lowest BCUT2D eigenvalue weighted by Gasteiger charge is -2.10. The molecule has 3 aromatic rings. The molecule has 0 aromatic carbocycles. The lowest BCUT2D eigenvalue weighted by molar-refractivity contribution is 0.402. The van der Waals surface area contributed by atoms with E-state index in [1.165, 1.54) is 0 Å². The molecule has 0 spiro atoms. The molecule has 3 rings (SSSR count). The zero-order valence-electron chi connectivity index (χ0n) is 12.3. The molecule has 0 aliphatic rings. The molecule has 0 atom stereocenters. The summed E-state index contributed by atoms with van der Waals surface area (Å²) < 4.78 is 7.17. The minimum absolute atomic E-state index is 0.141. The molecule has 20 heavy (non-hydrogen) atoms. The summed E-state index contributed by atoms with van der Waals surface area (Å²) in [4.78, 5) is 9.00. The number of pyridine rings is 1. The van der Waals surface area contributed by atoms with E-state index in [9.17, 15) is 0 Å². The van der Waals surface area contributed by atoms with Crippen molar-refractivity contribution >= 4 is 11.0 Å². The first-order valence-corrected chi connectivity index (χ1v) is 6.50. The van der Waals surface area contributed by atoms with Crippen LogP contribution >= 0.6 is 0 Å². The van der Waals surface area contributed by atoms with Crippen molar-refractivity contribution in [1.29, 1.82) is 0 Å². The molecule has 0 saturated carbocycles. The number of hydrogen-bond donors (Lipinski definition) is 0. The van der Waals surface area contributed by atoms with E-state index in [2.05, 4.69) is 41.0 Å². The summed E-state index contributed by atoms with van der Waals surface area (Å²) in [6, 6.07) is 1.95. The standard InChI is InChI=1S/C14H17N5O/c1-8-6-9(10-7-15-19(5)11(10)16-8)12-17-13(18-20-12)14(2,3)4/h6-7H,1-5H3. The molecule has 3 aromatic heterocycles. The Labute approximate surface area is 116 Å². The van der Waals surface area contributed by atoms with E-state index in [1.807, 2.05) is 20.0 Å². The number of rotatable bonds is 1. The van der Waals surface area contributed by atoms with Crippen LogP contribution < -0.4 is 0 Å². The van der Waals surface area contributed by atoms with Crippen LogP contribution in [0, 0.1) is 6.92 Å². The van der Waals surface area contributed by atoms with E-state index in [4.69, 9.17) is 4.52 Å². The first kappa shape index (κ1) is 12.8. The van der Waals surface area contributed by atoms with Gasteiger partial charge in [0.2, 0.25) is 0 Å². The Morgan fingerprint density at radius 3 is 2.60 bits per heavy atom. The van der Waals surface area contributed by atoms with Gasteiger partial charge in [-0.15, -0.1) is 0 Å². The molecule has 0 bridgehead atoms. The van der Waals surface area contributed by atoms with Gasteiger partial charge in [0.15, 0.2) is 11.5 Å². The second kappa shape index (κ2) is 4.13. The maximum absolute atomic E-state index is 5.42. The Balaban J connectivity index is 2.22. The van der Waals surface area contributed by atoms with Crippen molar-refractivity contribution in [3.8, 4) is 11.5 Å². The monoisotopic (exact) mass is 271 g/mol. The Morgan fingerprint density at radius 2 is 1.95 bits per heavy atom. The number of nitrogens with zero attached hydrogens (tertiary/aromatic N) is 5. The summed E-state index contributed by atoms with van der Waals surface area (Å²) in [5, 5.41) is 9.23. The molecule has 6 nitrogen and oxygen atoms in total. The van der Waals surface area contributed by atoms with Crippen LogP contribution in [0.5, 0.6) is 0 Å². The largest absolute Gasteiger partial charge is 0.334 e. The highest BCUT2D eigenvalue weighted by atomic mass is 16.5. The topological polar surface area (TPSA) is 69.6 Å². The van der Waals surface area contributed by atoms with Gasteiger partial charge in [-0.25, -0.2) is 4.98 Å². The van der Waals surface area contributed by atoms with Crippen LogP contribution in [0.4, 0.5) is 0 Å². The summed E-state index contributed by atoms with van der Waals surface area (Å²) in [6.07, 6.45) is 1.78. The van der Waals surface area contributed by atoms with E-state index in [1.54, 1.807) is 10.9 Å². The van der Waals surface area contributed by atoms with E-state index in [-0.39, 0.29) is 5.41 Å². The van der Waals surface area contributed by atoms with Gasteiger partial charge in [-0.3, -0.25) is 4.68 Å². The highest BCUT2D eigenvalue weighted by Crippen LogP contribution is 2.29. The van der Waals surface area contributed by atoms with Crippen LogP contribution in [0.1, 0.15) is 32.3 Å². The Kier molecular flexibility index (Phi) is 2.64. The minimum Gasteiger partial charge on any atom is -0.334 e. The molecule has 0 unspecified atom stereocenters. The number of aryl methyl sites for hydroxylation is 2. The molecule has 0 saturated heterocycles. The third kappa shape index (κ3) is 1.97. The number of aromatic nitrogens is 5. The normalized spacial score (nSPS) is 12.2. The van der Waals surface area contributed by atoms with Gasteiger partial charge >= 0.3 is 0 Å². The zero-order valence-corrected chi connectivity index (χ0v) is 12.3. The molecule has 0 fully saturated rings. The summed E-state index contributed by atoms with van der Waals surface area (Å²) >= 11 is 0. The van der Waals surface area contributed by atoms with Crippen LogP contribution in [0.3, 0.4) is 0 Å². The number of fused-ring (bicyclic) bond motifs is 1. The lowest BCUT2D eigenvalue weighted by Crippen LogP contribution is -2.13. The summed E-state index contributed by atoms with van der Waals surface area (Å²) in [5.74, 6) is 1.21. The molecular weight excluding hydrogens is 254 g/mol. The van der Waals surface area contributed by atoms with E-state index in [0.717, 1.165) is 22.3 Å². The van der Waals surface area contributed by atoms with Gasteiger partial charge in [0.1, 0.15) is 0 Å². The highest BCUT2D eigenvalue weighted by molar-refractivity contribution is 5.90. The van der Waals surface area contributed by atoms with Crippen molar-refractivity contribution in [2.45, 2.75) is 33.1 Å². The van der Waals surface area contributed by atoms with Crippen LogP contribution in [0.2, 0.25) is 0 Å². The van der Waals surface area contributed by atoms with Crippen molar-refractivity contribution in [1.82, 2.24) is 24.9 Å². The van der Waals surface area contributed by atoms with Gasteiger partial charge in [0.05, 0.1) is 17.1 Å². The second-order valence-electron chi connectivity index (χ2n) is 5.99. The minimum atomic E-state index is -0.141. The smallest absolute Gasteiger partial charge is 0.258 e.